The maximum absolute atomic E-state index is 5.36. The van der Waals surface area contributed by atoms with Crippen molar-refractivity contribution >= 4 is 15.9 Å². The zero-order valence-corrected chi connectivity index (χ0v) is 14.8. The van der Waals surface area contributed by atoms with Gasteiger partial charge in [-0.3, -0.25) is 4.90 Å². The second-order valence-corrected chi connectivity index (χ2v) is 7.20. The molecule has 1 atom stereocenters. The third-order valence-electron chi connectivity index (χ3n) is 3.20. The summed E-state index contributed by atoms with van der Waals surface area (Å²) in [6, 6.07) is 8.84. The Morgan fingerprint density at radius 3 is 2.35 bits per heavy atom. The predicted molar refractivity (Wildman–Crippen MR) is 89.0 cm³/mol. The van der Waals surface area contributed by atoms with Gasteiger partial charge < -0.3 is 10.1 Å². The second-order valence-electron chi connectivity index (χ2n) is 6.28. The average Bonchev–Trinajstić information content (AvgIpc) is 2.36. The summed E-state index contributed by atoms with van der Waals surface area (Å²) < 4.78 is 6.48. The minimum absolute atomic E-state index is 0.129. The van der Waals surface area contributed by atoms with Crippen LogP contribution in [0.2, 0.25) is 0 Å². The Morgan fingerprint density at radius 2 is 1.85 bits per heavy atom. The van der Waals surface area contributed by atoms with Crippen molar-refractivity contribution in [1.82, 2.24) is 10.2 Å². The Morgan fingerprint density at radius 1 is 1.25 bits per heavy atom. The molecule has 4 heteroatoms. The Hall–Kier alpha value is -0.420. The number of hydrogen-bond donors (Lipinski definition) is 1. The van der Waals surface area contributed by atoms with Crippen LogP contribution in [0.25, 0.3) is 0 Å². The third-order valence-corrected chi connectivity index (χ3v) is 3.72. The van der Waals surface area contributed by atoms with E-state index in [-0.39, 0.29) is 5.54 Å². The lowest BCUT2D eigenvalue weighted by molar-refractivity contribution is 0.0972. The molecule has 0 saturated carbocycles. The van der Waals surface area contributed by atoms with E-state index < -0.39 is 0 Å². The van der Waals surface area contributed by atoms with Crippen LogP contribution in [-0.2, 0) is 11.3 Å². The molecule has 0 aliphatic rings. The maximum Gasteiger partial charge on any atom is 0.0630 e. The van der Waals surface area contributed by atoms with Crippen molar-refractivity contribution in [3.63, 3.8) is 0 Å². The molecule has 3 nitrogen and oxygen atoms in total. The van der Waals surface area contributed by atoms with Gasteiger partial charge in [0.1, 0.15) is 0 Å². The van der Waals surface area contributed by atoms with E-state index >= 15 is 0 Å². The Kier molecular flexibility index (Phi) is 7.17. The summed E-state index contributed by atoms with van der Waals surface area (Å²) in [6.07, 6.45) is 0. The van der Waals surface area contributed by atoms with E-state index in [2.05, 4.69) is 78.2 Å². The molecule has 0 bridgehead atoms. The van der Waals surface area contributed by atoms with Gasteiger partial charge in [-0.15, -0.1) is 0 Å². The lowest BCUT2D eigenvalue weighted by Crippen LogP contribution is -2.48. The number of nitrogens with zero attached hydrogens (tertiary/aromatic N) is 1. The first kappa shape index (κ1) is 17.6. The van der Waals surface area contributed by atoms with E-state index in [1.807, 2.05) is 0 Å². The SMILES string of the molecule is COCC(CNC(C)(C)C)N(C)Cc1ccc(Br)cc1. The fourth-order valence-electron chi connectivity index (χ4n) is 1.97. The van der Waals surface area contributed by atoms with Gasteiger partial charge in [-0.2, -0.15) is 0 Å². The monoisotopic (exact) mass is 342 g/mol. The molecule has 0 aliphatic heterocycles. The highest BCUT2D eigenvalue weighted by Gasteiger charge is 2.18. The molecule has 1 aromatic carbocycles. The molecule has 0 radical (unpaired) electrons. The molecule has 0 aromatic heterocycles. The molecule has 0 spiro atoms. The second kappa shape index (κ2) is 8.13. The van der Waals surface area contributed by atoms with Crippen molar-refractivity contribution < 1.29 is 4.74 Å². The summed E-state index contributed by atoms with van der Waals surface area (Å²) in [4.78, 5) is 2.34. The third kappa shape index (κ3) is 6.84. The van der Waals surface area contributed by atoms with Crippen LogP contribution in [0.15, 0.2) is 28.7 Å². The molecule has 114 valence electrons. The van der Waals surface area contributed by atoms with Crippen molar-refractivity contribution in [3.8, 4) is 0 Å². The van der Waals surface area contributed by atoms with Crippen molar-refractivity contribution in [2.75, 3.05) is 27.3 Å². The highest BCUT2D eigenvalue weighted by molar-refractivity contribution is 9.10. The predicted octanol–water partition coefficient (Wildman–Crippen LogP) is 3.28. The van der Waals surface area contributed by atoms with Crippen LogP contribution in [0.5, 0.6) is 0 Å². The van der Waals surface area contributed by atoms with Crippen LogP contribution in [0.4, 0.5) is 0 Å². The molecule has 0 saturated heterocycles. The fraction of sp³-hybridized carbons (Fsp3) is 0.625. The largest absolute Gasteiger partial charge is 0.383 e. The van der Waals surface area contributed by atoms with Gasteiger partial charge in [-0.1, -0.05) is 28.1 Å². The van der Waals surface area contributed by atoms with Crippen LogP contribution in [0.3, 0.4) is 0 Å². The molecule has 1 aromatic rings. The Labute approximate surface area is 131 Å². The molecule has 0 fully saturated rings. The number of benzene rings is 1. The molecule has 1 unspecified atom stereocenters. The molecule has 0 aliphatic carbocycles. The van der Waals surface area contributed by atoms with Crippen LogP contribution in [0.1, 0.15) is 26.3 Å². The zero-order chi connectivity index (χ0) is 15.2. The van der Waals surface area contributed by atoms with E-state index in [0.717, 1.165) is 24.2 Å². The minimum Gasteiger partial charge on any atom is -0.383 e. The maximum atomic E-state index is 5.36. The first-order valence-corrected chi connectivity index (χ1v) is 7.80. The van der Waals surface area contributed by atoms with Crippen LogP contribution < -0.4 is 5.32 Å². The van der Waals surface area contributed by atoms with Gasteiger partial charge in [-0.05, 0) is 45.5 Å². The number of nitrogens with one attached hydrogen (secondary N) is 1. The standard InChI is InChI=1S/C16H27BrN2O/c1-16(2,3)18-10-15(12-20-5)19(4)11-13-6-8-14(17)9-7-13/h6-9,15,18H,10-12H2,1-5H3. The highest BCUT2D eigenvalue weighted by atomic mass is 79.9. The van der Waals surface area contributed by atoms with E-state index in [4.69, 9.17) is 4.74 Å². The number of hydrogen-bond acceptors (Lipinski definition) is 3. The van der Waals surface area contributed by atoms with Crippen LogP contribution in [-0.4, -0.2) is 43.8 Å². The van der Waals surface area contributed by atoms with Gasteiger partial charge in [0.2, 0.25) is 0 Å². The molecular weight excluding hydrogens is 316 g/mol. The van der Waals surface area contributed by atoms with Gasteiger partial charge in [0.15, 0.2) is 0 Å². The van der Waals surface area contributed by atoms with E-state index in [9.17, 15) is 0 Å². The number of halogens is 1. The summed E-state index contributed by atoms with van der Waals surface area (Å²) in [5.41, 5.74) is 1.44. The fourth-order valence-corrected chi connectivity index (χ4v) is 2.23. The lowest BCUT2D eigenvalue weighted by Gasteiger charge is -2.31. The van der Waals surface area contributed by atoms with Gasteiger partial charge in [-0.25, -0.2) is 0 Å². The minimum atomic E-state index is 0.129. The molecule has 20 heavy (non-hydrogen) atoms. The van der Waals surface area contributed by atoms with Gasteiger partial charge in [0.25, 0.3) is 0 Å². The lowest BCUT2D eigenvalue weighted by atomic mass is 10.1. The quantitative estimate of drug-likeness (QED) is 0.822. The number of methoxy groups -OCH3 is 1. The number of likely N-dealkylation sites (N-methyl/N-ethyl adjacent to an activating group) is 1. The summed E-state index contributed by atoms with van der Waals surface area (Å²) in [7, 11) is 3.91. The molecule has 0 heterocycles. The van der Waals surface area contributed by atoms with Crippen molar-refractivity contribution in [2.45, 2.75) is 38.9 Å². The van der Waals surface area contributed by atoms with E-state index in [1.54, 1.807) is 7.11 Å². The van der Waals surface area contributed by atoms with Crippen LogP contribution in [0, 0.1) is 0 Å². The van der Waals surface area contributed by atoms with Crippen molar-refractivity contribution in [3.05, 3.63) is 34.3 Å². The van der Waals surface area contributed by atoms with Crippen molar-refractivity contribution in [1.29, 1.82) is 0 Å². The van der Waals surface area contributed by atoms with E-state index in [0.29, 0.717) is 6.04 Å². The van der Waals surface area contributed by atoms with Crippen molar-refractivity contribution in [2.24, 2.45) is 0 Å². The van der Waals surface area contributed by atoms with Gasteiger partial charge >= 0.3 is 0 Å². The Balaban J connectivity index is 2.58. The Bertz CT molecular complexity index is 386. The summed E-state index contributed by atoms with van der Waals surface area (Å²) in [5.74, 6) is 0. The average molecular weight is 343 g/mol. The molecule has 1 rings (SSSR count). The highest BCUT2D eigenvalue weighted by Crippen LogP contribution is 2.13. The number of rotatable bonds is 7. The zero-order valence-electron chi connectivity index (χ0n) is 13.2. The normalized spacial score (nSPS) is 13.8. The first-order valence-electron chi connectivity index (χ1n) is 7.00. The molecule has 1 N–H and O–H groups in total. The summed E-state index contributed by atoms with van der Waals surface area (Å²) >= 11 is 3.47. The molecular formula is C16H27BrN2O. The number of ether oxygens (including phenoxy) is 1. The van der Waals surface area contributed by atoms with Gasteiger partial charge in [0, 0.05) is 36.3 Å². The summed E-state index contributed by atoms with van der Waals surface area (Å²) in [5, 5.41) is 3.55. The molecule has 0 amide bonds. The van der Waals surface area contributed by atoms with Crippen LogP contribution >= 0.6 is 15.9 Å². The van der Waals surface area contributed by atoms with E-state index in [1.165, 1.54) is 5.56 Å². The first-order chi connectivity index (χ1) is 9.31. The van der Waals surface area contributed by atoms with Gasteiger partial charge in [0.05, 0.1) is 6.61 Å². The topological polar surface area (TPSA) is 24.5 Å². The smallest absolute Gasteiger partial charge is 0.0630 e. The summed E-state index contributed by atoms with van der Waals surface area (Å²) in [6.45, 7) is 9.14.